The Balaban J connectivity index is 1.35. The summed E-state index contributed by atoms with van der Waals surface area (Å²) in [6.45, 7) is 0.00592. The molecule has 35 heavy (non-hydrogen) atoms. The number of carbonyl (C=O) groups excluding carboxylic acids is 2. The number of carbonyl (C=O) groups is 3. The number of rotatable bonds is 8. The zero-order valence-corrected chi connectivity index (χ0v) is 19.6. The molecule has 0 radical (unpaired) electrons. The molecule has 0 saturated heterocycles. The minimum absolute atomic E-state index is 0.00592. The molecular formula is C25H24N2O7S. The van der Waals surface area contributed by atoms with Crippen molar-refractivity contribution in [1.29, 1.82) is 0 Å². The van der Waals surface area contributed by atoms with Crippen molar-refractivity contribution >= 4 is 45.7 Å². The molecule has 10 heteroatoms. The van der Waals surface area contributed by atoms with Crippen LogP contribution in [0.3, 0.4) is 0 Å². The van der Waals surface area contributed by atoms with Gasteiger partial charge in [0.25, 0.3) is 23.1 Å². The molecule has 2 aromatic carbocycles. The lowest BCUT2D eigenvalue weighted by Crippen LogP contribution is -2.43. The van der Waals surface area contributed by atoms with Crippen LogP contribution in [0.1, 0.15) is 57.7 Å². The summed E-state index contributed by atoms with van der Waals surface area (Å²) in [5.74, 6) is -1.22. The second-order valence-electron chi connectivity index (χ2n) is 8.75. The Morgan fingerprint density at radius 3 is 2.43 bits per heavy atom. The number of benzene rings is 2. The van der Waals surface area contributed by atoms with Crippen LogP contribution in [-0.2, 0) is 28.9 Å². The lowest BCUT2D eigenvalue weighted by atomic mass is 9.96. The number of aryl methyl sites for hydroxylation is 2. The van der Waals surface area contributed by atoms with Gasteiger partial charge < -0.3 is 9.52 Å². The summed E-state index contributed by atoms with van der Waals surface area (Å²) in [7, 11) is 0. The maximum absolute atomic E-state index is 12.6. The van der Waals surface area contributed by atoms with E-state index >= 15 is 0 Å². The van der Waals surface area contributed by atoms with E-state index in [-0.39, 0.29) is 25.1 Å². The Morgan fingerprint density at radius 1 is 1.09 bits per heavy atom. The number of hydrogen-bond donors (Lipinski definition) is 2. The predicted octanol–water partition coefficient (Wildman–Crippen LogP) is 3.78. The molecule has 2 unspecified atom stereocenters. The lowest BCUT2D eigenvalue weighted by molar-refractivity contribution is -0.138. The maximum atomic E-state index is 12.6. The van der Waals surface area contributed by atoms with E-state index in [4.69, 9.17) is 4.42 Å². The Morgan fingerprint density at radius 2 is 1.77 bits per heavy atom. The molecule has 182 valence electrons. The summed E-state index contributed by atoms with van der Waals surface area (Å²) < 4.78 is 29.2. The molecule has 2 aliphatic rings. The highest BCUT2D eigenvalue weighted by molar-refractivity contribution is 7.80. The van der Waals surface area contributed by atoms with Crippen LogP contribution in [0.25, 0.3) is 11.0 Å². The molecule has 0 spiro atoms. The van der Waals surface area contributed by atoms with E-state index in [0.717, 1.165) is 51.6 Å². The van der Waals surface area contributed by atoms with Crippen LogP contribution in [0.2, 0.25) is 0 Å². The van der Waals surface area contributed by atoms with E-state index in [1.807, 2.05) is 0 Å². The first kappa shape index (κ1) is 23.3. The minimum atomic E-state index is -2.63. The normalized spacial score (nSPS) is 16.8. The third-order valence-corrected chi connectivity index (χ3v) is 7.47. The van der Waals surface area contributed by atoms with Gasteiger partial charge in [-0.3, -0.25) is 23.3 Å². The smallest absolute Gasteiger partial charge is 0.327 e. The summed E-state index contributed by atoms with van der Waals surface area (Å²) in [6.07, 6.45) is 3.96. The topological polar surface area (TPSA) is 128 Å². The van der Waals surface area contributed by atoms with Crippen molar-refractivity contribution in [2.45, 2.75) is 44.6 Å². The number of imide groups is 1. The predicted molar refractivity (Wildman–Crippen MR) is 129 cm³/mol. The molecule has 9 nitrogen and oxygen atoms in total. The number of fused-ring (bicyclic) bond motifs is 4. The van der Waals surface area contributed by atoms with Crippen LogP contribution >= 0.6 is 0 Å². The molecular weight excluding hydrogens is 472 g/mol. The molecule has 1 aliphatic carbocycles. The van der Waals surface area contributed by atoms with E-state index in [1.54, 1.807) is 42.5 Å². The number of carboxylic acids is 1. The van der Waals surface area contributed by atoms with Crippen molar-refractivity contribution in [1.82, 2.24) is 4.90 Å². The van der Waals surface area contributed by atoms with Crippen molar-refractivity contribution < 1.29 is 32.7 Å². The van der Waals surface area contributed by atoms with E-state index in [0.29, 0.717) is 16.7 Å². The molecule has 2 amide bonds. The van der Waals surface area contributed by atoms with Gasteiger partial charge in [0.2, 0.25) is 0 Å². The fourth-order valence-corrected chi connectivity index (χ4v) is 5.70. The van der Waals surface area contributed by atoms with E-state index in [9.17, 15) is 28.3 Å². The molecule has 5 rings (SSSR count). The van der Waals surface area contributed by atoms with Crippen molar-refractivity contribution in [2.24, 2.45) is 0 Å². The number of amides is 2. The standard InChI is InChI=1S/C25H24N2O7S/c28-23-18-7-1-2-8-19(18)24(29)26(23)13-5-9-20(25(30)31)27(35(32)33)15-11-12-17-16-6-3-4-10-21(16)34-22(17)14-15/h1-2,7-8,11-12,14,20H,3-6,9-10,13H2,(H,30,31)(H,32,33). The van der Waals surface area contributed by atoms with Gasteiger partial charge in [-0.25, -0.2) is 9.00 Å². The van der Waals surface area contributed by atoms with Gasteiger partial charge in [0, 0.05) is 30.0 Å². The van der Waals surface area contributed by atoms with Gasteiger partial charge in [-0.1, -0.05) is 12.1 Å². The quantitative estimate of drug-likeness (QED) is 0.359. The number of nitrogens with zero attached hydrogens (tertiary/aromatic N) is 2. The molecule has 0 fully saturated rings. The number of hydrogen-bond acceptors (Lipinski definition) is 5. The monoisotopic (exact) mass is 496 g/mol. The van der Waals surface area contributed by atoms with Crippen molar-refractivity contribution in [2.75, 3.05) is 10.8 Å². The first-order valence-corrected chi connectivity index (χ1v) is 12.6. The first-order chi connectivity index (χ1) is 16.9. The van der Waals surface area contributed by atoms with E-state index in [1.165, 1.54) is 0 Å². The zero-order chi connectivity index (χ0) is 24.7. The second-order valence-corrected chi connectivity index (χ2v) is 9.61. The zero-order valence-electron chi connectivity index (χ0n) is 18.8. The van der Waals surface area contributed by atoms with Gasteiger partial charge in [0.15, 0.2) is 0 Å². The Labute approximate surface area is 203 Å². The third kappa shape index (κ3) is 4.12. The number of furan rings is 1. The highest BCUT2D eigenvalue weighted by Gasteiger charge is 2.36. The second kappa shape index (κ2) is 9.27. The lowest BCUT2D eigenvalue weighted by Gasteiger charge is -2.27. The van der Waals surface area contributed by atoms with Gasteiger partial charge in [-0.05, 0) is 56.4 Å². The fraction of sp³-hybridized carbons (Fsp3) is 0.320. The maximum Gasteiger partial charge on any atom is 0.327 e. The summed E-state index contributed by atoms with van der Waals surface area (Å²) >= 11 is -2.63. The molecule has 2 atom stereocenters. The minimum Gasteiger partial charge on any atom is -0.480 e. The van der Waals surface area contributed by atoms with Crippen LogP contribution < -0.4 is 4.31 Å². The molecule has 2 heterocycles. The van der Waals surface area contributed by atoms with Crippen molar-refractivity contribution in [3.63, 3.8) is 0 Å². The van der Waals surface area contributed by atoms with Crippen LogP contribution in [-0.4, -0.2) is 49.1 Å². The van der Waals surface area contributed by atoms with E-state index in [2.05, 4.69) is 0 Å². The average molecular weight is 497 g/mol. The summed E-state index contributed by atoms with van der Waals surface area (Å²) in [4.78, 5) is 38.3. The Bertz CT molecular complexity index is 1330. The SMILES string of the molecule is O=C(O)C(CCCN1C(=O)c2ccccc2C1=O)N(c1ccc2c3c(oc2c1)CCCC3)S(=O)O. The van der Waals surface area contributed by atoms with Crippen LogP contribution in [0, 0.1) is 0 Å². The van der Waals surface area contributed by atoms with Crippen molar-refractivity contribution in [3.8, 4) is 0 Å². The van der Waals surface area contributed by atoms with Gasteiger partial charge in [-0.2, -0.15) is 0 Å². The highest BCUT2D eigenvalue weighted by atomic mass is 32.2. The van der Waals surface area contributed by atoms with Crippen LogP contribution in [0.5, 0.6) is 0 Å². The van der Waals surface area contributed by atoms with Gasteiger partial charge in [-0.15, -0.1) is 0 Å². The number of aliphatic carboxylic acids is 1. The number of carboxylic acid groups (broad SMARTS) is 1. The highest BCUT2D eigenvalue weighted by Crippen LogP contribution is 2.35. The molecule has 0 bridgehead atoms. The first-order valence-electron chi connectivity index (χ1n) is 11.5. The van der Waals surface area contributed by atoms with Crippen molar-refractivity contribution in [3.05, 3.63) is 64.9 Å². The molecule has 0 saturated carbocycles. The third-order valence-electron chi connectivity index (χ3n) is 6.67. The average Bonchev–Trinajstić information content (AvgIpc) is 3.33. The fourth-order valence-electron chi connectivity index (χ4n) is 4.99. The molecule has 1 aliphatic heterocycles. The molecule has 2 N–H and O–H groups in total. The summed E-state index contributed by atoms with van der Waals surface area (Å²) in [5.41, 5.74) is 2.59. The Kier molecular flexibility index (Phi) is 6.16. The Hall–Kier alpha value is -3.50. The van der Waals surface area contributed by atoms with Gasteiger partial charge in [0.1, 0.15) is 17.4 Å². The van der Waals surface area contributed by atoms with Gasteiger partial charge in [0.05, 0.1) is 16.8 Å². The summed E-state index contributed by atoms with van der Waals surface area (Å²) in [6, 6.07) is 10.2. The van der Waals surface area contributed by atoms with Gasteiger partial charge >= 0.3 is 5.97 Å². The van der Waals surface area contributed by atoms with Crippen LogP contribution in [0.15, 0.2) is 46.9 Å². The number of anilines is 1. The molecule has 3 aromatic rings. The summed E-state index contributed by atoms with van der Waals surface area (Å²) in [5, 5.41) is 10.8. The largest absolute Gasteiger partial charge is 0.480 e. The van der Waals surface area contributed by atoms with E-state index < -0.39 is 35.1 Å². The molecule has 1 aromatic heterocycles. The van der Waals surface area contributed by atoms with Crippen LogP contribution in [0.4, 0.5) is 5.69 Å².